The number of hydrogen-bond donors (Lipinski definition) is 3. The lowest BCUT2D eigenvalue weighted by Crippen LogP contribution is -2.32. The average Bonchev–Trinajstić information content (AvgIpc) is 2.87. The second kappa shape index (κ2) is 4.52. The van der Waals surface area contributed by atoms with Crippen molar-refractivity contribution in [3.63, 3.8) is 0 Å². The summed E-state index contributed by atoms with van der Waals surface area (Å²) in [6.07, 6.45) is 0.871. The van der Waals surface area contributed by atoms with Gasteiger partial charge in [-0.2, -0.15) is 0 Å². The summed E-state index contributed by atoms with van der Waals surface area (Å²) < 4.78 is 11.0. The topological polar surface area (TPSA) is 62.8 Å². The van der Waals surface area contributed by atoms with Gasteiger partial charge in [-0.05, 0) is 24.1 Å². The van der Waals surface area contributed by atoms with Crippen molar-refractivity contribution in [2.24, 2.45) is 0 Å². The molecule has 2 atom stereocenters. The zero-order valence-corrected chi connectivity index (χ0v) is 9.48. The molecule has 17 heavy (non-hydrogen) atoms. The molecule has 3 N–H and O–H groups in total. The van der Waals surface area contributed by atoms with Gasteiger partial charge in [0.1, 0.15) is 13.2 Å². The van der Waals surface area contributed by atoms with Crippen LogP contribution in [0.1, 0.15) is 18.0 Å². The molecule has 2 aliphatic rings. The second-order valence-corrected chi connectivity index (χ2v) is 4.36. The number of aliphatic hydroxyl groups excluding tert-OH is 1. The van der Waals surface area contributed by atoms with Crippen molar-refractivity contribution in [1.29, 1.82) is 0 Å². The lowest BCUT2D eigenvalue weighted by molar-refractivity contribution is 0.171. The summed E-state index contributed by atoms with van der Waals surface area (Å²) in [6, 6.07) is 6.31. The molecular formula is C12H16N2O3. The number of fused-ring (bicyclic) bond motifs is 1. The third-order valence-electron chi connectivity index (χ3n) is 3.17. The Labute approximate surface area is 99.7 Å². The lowest BCUT2D eigenvalue weighted by Gasteiger charge is -2.20. The minimum absolute atomic E-state index is 0.119. The molecule has 0 bridgehead atoms. The molecule has 5 heteroatoms. The van der Waals surface area contributed by atoms with Crippen LogP contribution in [0, 0.1) is 0 Å². The third kappa shape index (κ3) is 2.09. The second-order valence-electron chi connectivity index (χ2n) is 4.36. The van der Waals surface area contributed by atoms with Gasteiger partial charge in [0.25, 0.3) is 0 Å². The van der Waals surface area contributed by atoms with E-state index in [2.05, 4.69) is 10.9 Å². The Balaban J connectivity index is 1.79. The van der Waals surface area contributed by atoms with E-state index >= 15 is 0 Å². The number of ether oxygens (including phenoxy) is 2. The van der Waals surface area contributed by atoms with Crippen molar-refractivity contribution in [2.45, 2.75) is 18.5 Å². The van der Waals surface area contributed by atoms with Crippen molar-refractivity contribution < 1.29 is 14.6 Å². The molecule has 2 aliphatic heterocycles. The van der Waals surface area contributed by atoms with E-state index in [0.29, 0.717) is 13.2 Å². The molecule has 0 aromatic heterocycles. The Morgan fingerprint density at radius 3 is 2.76 bits per heavy atom. The monoisotopic (exact) mass is 236 g/mol. The zero-order valence-electron chi connectivity index (χ0n) is 9.48. The van der Waals surface area contributed by atoms with Gasteiger partial charge in [0.2, 0.25) is 0 Å². The van der Waals surface area contributed by atoms with Crippen molar-refractivity contribution in [1.82, 2.24) is 10.9 Å². The van der Waals surface area contributed by atoms with Crippen molar-refractivity contribution in [2.75, 3.05) is 19.8 Å². The third-order valence-corrected chi connectivity index (χ3v) is 3.17. The van der Waals surface area contributed by atoms with Crippen LogP contribution in [0.15, 0.2) is 18.2 Å². The summed E-state index contributed by atoms with van der Waals surface area (Å²) in [5.74, 6) is 1.62. The number of aliphatic hydroxyl groups is 1. The van der Waals surface area contributed by atoms with E-state index in [-0.39, 0.29) is 18.7 Å². The Hall–Kier alpha value is -1.30. The molecule has 0 spiro atoms. The Kier molecular flexibility index (Phi) is 2.88. The fourth-order valence-electron chi connectivity index (χ4n) is 2.24. The van der Waals surface area contributed by atoms with E-state index < -0.39 is 0 Å². The van der Waals surface area contributed by atoms with Crippen LogP contribution >= 0.6 is 0 Å². The van der Waals surface area contributed by atoms with E-state index in [9.17, 15) is 0 Å². The van der Waals surface area contributed by atoms with Gasteiger partial charge in [-0.3, -0.25) is 5.43 Å². The minimum atomic E-state index is 0.119. The summed E-state index contributed by atoms with van der Waals surface area (Å²) >= 11 is 0. The van der Waals surface area contributed by atoms with E-state index in [1.807, 2.05) is 18.2 Å². The zero-order chi connectivity index (χ0) is 11.7. The van der Waals surface area contributed by atoms with Crippen LogP contribution in [-0.4, -0.2) is 31.0 Å². The average molecular weight is 236 g/mol. The first-order valence-electron chi connectivity index (χ1n) is 5.88. The predicted octanol–water partition coefficient (Wildman–Crippen LogP) is 0.358. The Bertz CT molecular complexity index is 411. The molecule has 1 aromatic carbocycles. The van der Waals surface area contributed by atoms with Gasteiger partial charge in [-0.15, -0.1) is 0 Å². The van der Waals surface area contributed by atoms with E-state index in [1.165, 1.54) is 0 Å². The van der Waals surface area contributed by atoms with Crippen LogP contribution in [0.3, 0.4) is 0 Å². The molecule has 3 rings (SSSR count). The molecular weight excluding hydrogens is 220 g/mol. The fraction of sp³-hybridized carbons (Fsp3) is 0.500. The number of hydrazine groups is 1. The highest BCUT2D eigenvalue weighted by molar-refractivity contribution is 5.44. The lowest BCUT2D eigenvalue weighted by atomic mass is 10.0. The largest absolute Gasteiger partial charge is 0.486 e. The predicted molar refractivity (Wildman–Crippen MR) is 61.9 cm³/mol. The summed E-state index contributed by atoms with van der Waals surface area (Å²) in [6.45, 7) is 1.36. The van der Waals surface area contributed by atoms with Crippen molar-refractivity contribution >= 4 is 0 Å². The molecule has 2 heterocycles. The smallest absolute Gasteiger partial charge is 0.161 e. The molecule has 0 radical (unpaired) electrons. The molecule has 0 amide bonds. The van der Waals surface area contributed by atoms with Crippen LogP contribution in [0.5, 0.6) is 11.5 Å². The molecule has 1 saturated heterocycles. The van der Waals surface area contributed by atoms with Gasteiger partial charge in [-0.1, -0.05) is 6.07 Å². The summed E-state index contributed by atoms with van der Waals surface area (Å²) in [7, 11) is 0. The van der Waals surface area contributed by atoms with Crippen LogP contribution < -0.4 is 20.3 Å². The Morgan fingerprint density at radius 2 is 2.00 bits per heavy atom. The number of nitrogens with one attached hydrogen (secondary N) is 2. The summed E-state index contributed by atoms with van der Waals surface area (Å²) in [5.41, 5.74) is 7.39. The molecule has 0 saturated carbocycles. The quantitative estimate of drug-likeness (QED) is 0.692. The fourth-order valence-corrected chi connectivity index (χ4v) is 2.24. The maximum absolute atomic E-state index is 9.08. The van der Waals surface area contributed by atoms with Crippen LogP contribution in [-0.2, 0) is 0 Å². The van der Waals surface area contributed by atoms with Gasteiger partial charge in [0, 0.05) is 12.1 Å². The highest BCUT2D eigenvalue weighted by Gasteiger charge is 2.25. The highest BCUT2D eigenvalue weighted by atomic mass is 16.6. The van der Waals surface area contributed by atoms with Crippen molar-refractivity contribution in [3.8, 4) is 11.5 Å². The first-order valence-corrected chi connectivity index (χ1v) is 5.88. The van der Waals surface area contributed by atoms with Gasteiger partial charge in [-0.25, -0.2) is 5.43 Å². The standard InChI is InChI=1S/C12H16N2O3/c15-7-9-6-10(14-13-9)8-1-2-11-12(5-8)17-4-3-16-11/h1-2,5,9-10,13-15H,3-4,6-7H2. The van der Waals surface area contributed by atoms with E-state index in [4.69, 9.17) is 14.6 Å². The maximum atomic E-state index is 9.08. The van der Waals surface area contributed by atoms with Gasteiger partial charge >= 0.3 is 0 Å². The maximum Gasteiger partial charge on any atom is 0.161 e. The minimum Gasteiger partial charge on any atom is -0.486 e. The Morgan fingerprint density at radius 1 is 1.18 bits per heavy atom. The molecule has 1 fully saturated rings. The SMILES string of the molecule is OCC1CC(c2ccc3c(c2)OCCO3)NN1. The molecule has 0 aliphatic carbocycles. The summed E-state index contributed by atoms with van der Waals surface area (Å²) in [4.78, 5) is 0. The molecule has 92 valence electrons. The van der Waals surface area contributed by atoms with Gasteiger partial charge in [0.15, 0.2) is 11.5 Å². The normalized spacial score (nSPS) is 27.1. The van der Waals surface area contributed by atoms with Crippen LogP contribution in [0.2, 0.25) is 0 Å². The number of hydrogen-bond acceptors (Lipinski definition) is 5. The van der Waals surface area contributed by atoms with Crippen molar-refractivity contribution in [3.05, 3.63) is 23.8 Å². The number of benzene rings is 1. The van der Waals surface area contributed by atoms with Gasteiger partial charge < -0.3 is 14.6 Å². The first kappa shape index (κ1) is 10.8. The molecule has 2 unspecified atom stereocenters. The van der Waals surface area contributed by atoms with Crippen LogP contribution in [0.4, 0.5) is 0 Å². The van der Waals surface area contributed by atoms with E-state index in [1.54, 1.807) is 0 Å². The molecule has 5 nitrogen and oxygen atoms in total. The highest BCUT2D eigenvalue weighted by Crippen LogP contribution is 2.34. The van der Waals surface area contributed by atoms with Crippen LogP contribution in [0.25, 0.3) is 0 Å². The first-order chi connectivity index (χ1) is 8.36. The van der Waals surface area contributed by atoms with Gasteiger partial charge in [0.05, 0.1) is 6.61 Å². The molecule has 1 aromatic rings. The van der Waals surface area contributed by atoms with E-state index in [0.717, 1.165) is 23.5 Å². The number of rotatable bonds is 2. The summed E-state index contributed by atoms with van der Waals surface area (Å²) in [5, 5.41) is 9.08.